The van der Waals surface area contributed by atoms with Gasteiger partial charge < -0.3 is 15.5 Å². The Morgan fingerprint density at radius 2 is 1.71 bits per heavy atom. The van der Waals surface area contributed by atoms with Crippen molar-refractivity contribution in [2.24, 2.45) is 0 Å². The lowest BCUT2D eigenvalue weighted by molar-refractivity contribution is -0.113. The van der Waals surface area contributed by atoms with E-state index in [1.54, 1.807) is 28.8 Å². The minimum absolute atomic E-state index is 0.0255. The van der Waals surface area contributed by atoms with Gasteiger partial charge in [0.25, 0.3) is 0 Å². The normalized spacial score (nSPS) is 10.7. The van der Waals surface area contributed by atoms with Crippen LogP contribution in [0.25, 0.3) is 17.1 Å². The fraction of sp³-hybridized carbons (Fsp3) is 0.0455. The molecule has 3 N–H and O–H groups in total. The molecule has 4 aromatic rings. The van der Waals surface area contributed by atoms with E-state index in [0.29, 0.717) is 21.6 Å². The maximum absolute atomic E-state index is 12.4. The minimum atomic E-state index is -0.339. The van der Waals surface area contributed by atoms with E-state index in [-0.39, 0.29) is 28.8 Å². The van der Waals surface area contributed by atoms with Crippen molar-refractivity contribution in [1.82, 2.24) is 14.8 Å². The number of para-hydroxylation sites is 2. The van der Waals surface area contributed by atoms with Gasteiger partial charge in [0.15, 0.2) is 11.0 Å². The van der Waals surface area contributed by atoms with Crippen LogP contribution in [0, 0.1) is 0 Å². The Morgan fingerprint density at radius 3 is 2.48 bits per heavy atom. The van der Waals surface area contributed by atoms with Crippen molar-refractivity contribution >= 4 is 35.0 Å². The largest absolute Gasteiger partial charge is 0.507 e. The highest BCUT2D eigenvalue weighted by Gasteiger charge is 2.19. The molecule has 7 nitrogen and oxygen atoms in total. The number of nitrogens with zero attached hydrogens (tertiary/aromatic N) is 3. The van der Waals surface area contributed by atoms with E-state index >= 15 is 0 Å². The van der Waals surface area contributed by atoms with E-state index in [9.17, 15) is 15.0 Å². The highest BCUT2D eigenvalue weighted by atomic mass is 35.5. The van der Waals surface area contributed by atoms with Crippen LogP contribution in [-0.4, -0.2) is 36.6 Å². The second-order valence-electron chi connectivity index (χ2n) is 6.49. The molecule has 0 atom stereocenters. The molecule has 0 aliphatic carbocycles. The maximum atomic E-state index is 12.4. The molecule has 0 saturated carbocycles. The van der Waals surface area contributed by atoms with Crippen molar-refractivity contribution in [1.29, 1.82) is 0 Å². The van der Waals surface area contributed by atoms with Crippen LogP contribution in [0.5, 0.6) is 11.5 Å². The molecule has 0 radical (unpaired) electrons. The van der Waals surface area contributed by atoms with Gasteiger partial charge in [0.2, 0.25) is 5.91 Å². The number of carbonyl (C=O) groups excluding carboxylic acids is 1. The van der Waals surface area contributed by atoms with Gasteiger partial charge in [-0.1, -0.05) is 53.7 Å². The van der Waals surface area contributed by atoms with Crippen molar-refractivity contribution in [3.63, 3.8) is 0 Å². The first kappa shape index (κ1) is 20.8. The second kappa shape index (κ2) is 9.11. The number of hydrogen-bond acceptors (Lipinski definition) is 6. The average molecular weight is 453 g/mol. The van der Waals surface area contributed by atoms with Crippen molar-refractivity contribution in [3.05, 3.63) is 77.8 Å². The van der Waals surface area contributed by atoms with Gasteiger partial charge in [-0.25, -0.2) is 0 Å². The third kappa shape index (κ3) is 4.65. The molecule has 0 fully saturated rings. The van der Waals surface area contributed by atoms with E-state index < -0.39 is 0 Å². The Labute approximate surface area is 187 Å². The maximum Gasteiger partial charge on any atom is 0.234 e. The number of benzene rings is 3. The molecule has 31 heavy (non-hydrogen) atoms. The molecule has 0 bridgehead atoms. The van der Waals surface area contributed by atoms with Gasteiger partial charge >= 0.3 is 0 Å². The number of hydrogen-bond donors (Lipinski definition) is 3. The first-order valence-corrected chi connectivity index (χ1v) is 10.6. The van der Waals surface area contributed by atoms with Gasteiger partial charge in [-0.05, 0) is 42.5 Å². The van der Waals surface area contributed by atoms with Crippen molar-refractivity contribution < 1.29 is 15.0 Å². The van der Waals surface area contributed by atoms with E-state index in [1.807, 2.05) is 30.3 Å². The molecule has 0 unspecified atom stereocenters. The molecule has 0 aliphatic rings. The second-order valence-corrected chi connectivity index (χ2v) is 7.87. The number of phenols is 2. The van der Waals surface area contributed by atoms with Gasteiger partial charge in [-0.2, -0.15) is 0 Å². The highest BCUT2D eigenvalue weighted by molar-refractivity contribution is 7.99. The number of phenolic OH excluding ortho intramolecular Hbond substituents is 2. The van der Waals surface area contributed by atoms with Gasteiger partial charge in [0.05, 0.1) is 17.0 Å². The molecular formula is C22H17ClN4O3S. The van der Waals surface area contributed by atoms with Crippen LogP contribution in [0.4, 0.5) is 5.69 Å². The molecule has 0 aliphatic heterocycles. The molecule has 0 spiro atoms. The number of aromatic hydroxyl groups is 2. The van der Waals surface area contributed by atoms with Crippen molar-refractivity contribution in [2.75, 3.05) is 11.1 Å². The summed E-state index contributed by atoms with van der Waals surface area (Å²) in [6.07, 6.45) is 0. The molecule has 4 rings (SSSR count). The average Bonchev–Trinajstić information content (AvgIpc) is 3.19. The number of nitrogens with one attached hydrogen (secondary N) is 1. The third-order valence-electron chi connectivity index (χ3n) is 4.36. The van der Waals surface area contributed by atoms with Crippen molar-refractivity contribution in [2.45, 2.75) is 5.16 Å². The summed E-state index contributed by atoms with van der Waals surface area (Å²) in [4.78, 5) is 12.4. The van der Waals surface area contributed by atoms with E-state index in [0.717, 1.165) is 5.69 Å². The quantitative estimate of drug-likeness (QED) is 0.289. The van der Waals surface area contributed by atoms with Crippen LogP contribution in [0.2, 0.25) is 5.02 Å². The lowest BCUT2D eigenvalue weighted by Crippen LogP contribution is -2.14. The van der Waals surface area contributed by atoms with Crippen LogP contribution in [0.1, 0.15) is 0 Å². The van der Waals surface area contributed by atoms with Gasteiger partial charge in [-0.15, -0.1) is 10.2 Å². The summed E-state index contributed by atoms with van der Waals surface area (Å²) >= 11 is 7.11. The molecular weight excluding hydrogens is 436 g/mol. The Balaban J connectivity index is 1.61. The summed E-state index contributed by atoms with van der Waals surface area (Å²) in [6.45, 7) is 0. The van der Waals surface area contributed by atoms with Crippen molar-refractivity contribution in [3.8, 4) is 28.6 Å². The number of halogens is 1. The first-order chi connectivity index (χ1) is 15.0. The molecule has 1 amide bonds. The van der Waals surface area contributed by atoms with Crippen LogP contribution in [0.15, 0.2) is 78.0 Å². The zero-order valence-electron chi connectivity index (χ0n) is 16.1. The van der Waals surface area contributed by atoms with Gasteiger partial charge in [0, 0.05) is 10.7 Å². The Hall–Kier alpha value is -3.49. The summed E-state index contributed by atoms with van der Waals surface area (Å²) in [7, 11) is 0. The molecule has 1 heterocycles. The lowest BCUT2D eigenvalue weighted by atomic mass is 10.2. The first-order valence-electron chi connectivity index (χ1n) is 9.23. The number of amides is 1. The summed E-state index contributed by atoms with van der Waals surface area (Å²) in [5, 5.41) is 32.2. The SMILES string of the molecule is O=C(CSc1nnc(-c2ccccc2O)n1-c1ccccc1)Nc1cc(Cl)ccc1O. The van der Waals surface area contributed by atoms with E-state index in [2.05, 4.69) is 15.5 Å². The molecule has 1 aromatic heterocycles. The van der Waals surface area contributed by atoms with E-state index in [1.165, 1.54) is 30.0 Å². The summed E-state index contributed by atoms with van der Waals surface area (Å²) in [5.74, 6) is 0.154. The fourth-order valence-electron chi connectivity index (χ4n) is 2.94. The Morgan fingerprint density at radius 1 is 0.968 bits per heavy atom. The fourth-order valence-corrected chi connectivity index (χ4v) is 3.86. The molecule has 9 heteroatoms. The number of rotatable bonds is 6. The van der Waals surface area contributed by atoms with Crippen LogP contribution in [-0.2, 0) is 4.79 Å². The molecule has 3 aromatic carbocycles. The summed E-state index contributed by atoms with van der Waals surface area (Å²) in [6, 6.07) is 20.7. The lowest BCUT2D eigenvalue weighted by Gasteiger charge is -2.11. The standard InChI is InChI=1S/C22H17ClN4O3S/c23-14-10-11-19(29)17(12-14)24-20(30)13-31-22-26-25-21(16-8-4-5-9-18(16)28)27(22)15-6-2-1-3-7-15/h1-12,28-29H,13H2,(H,24,30). The summed E-state index contributed by atoms with van der Waals surface area (Å²) < 4.78 is 1.78. The highest BCUT2D eigenvalue weighted by Crippen LogP contribution is 2.33. The molecule has 0 saturated heterocycles. The topological polar surface area (TPSA) is 100 Å². The number of aromatic nitrogens is 3. The molecule has 156 valence electrons. The number of thioether (sulfide) groups is 1. The zero-order valence-corrected chi connectivity index (χ0v) is 17.6. The van der Waals surface area contributed by atoms with E-state index in [4.69, 9.17) is 11.6 Å². The van der Waals surface area contributed by atoms with Crippen LogP contribution < -0.4 is 5.32 Å². The predicted molar refractivity (Wildman–Crippen MR) is 121 cm³/mol. The Bertz CT molecular complexity index is 1230. The third-order valence-corrected chi connectivity index (χ3v) is 5.52. The predicted octanol–water partition coefficient (Wildman–Crippen LogP) is 4.73. The number of carbonyl (C=O) groups is 1. The summed E-state index contributed by atoms with van der Waals surface area (Å²) in [5.41, 5.74) is 1.55. The Kier molecular flexibility index (Phi) is 6.11. The monoisotopic (exact) mass is 452 g/mol. The van der Waals surface area contributed by atoms with Gasteiger partial charge in [0.1, 0.15) is 11.5 Å². The van der Waals surface area contributed by atoms with Crippen LogP contribution >= 0.6 is 23.4 Å². The van der Waals surface area contributed by atoms with Gasteiger partial charge in [-0.3, -0.25) is 9.36 Å². The van der Waals surface area contributed by atoms with Crippen LogP contribution in [0.3, 0.4) is 0 Å². The number of anilines is 1. The zero-order chi connectivity index (χ0) is 21.8. The smallest absolute Gasteiger partial charge is 0.234 e. The minimum Gasteiger partial charge on any atom is -0.507 e.